The van der Waals surface area contributed by atoms with Gasteiger partial charge in [0.25, 0.3) is 0 Å². The number of H-pyrrole nitrogens is 1. The Kier molecular flexibility index (Phi) is 5.30. The van der Waals surface area contributed by atoms with E-state index in [0.29, 0.717) is 29.6 Å². The molecule has 0 aliphatic rings. The molecule has 0 fully saturated rings. The maximum Gasteiger partial charge on any atom is 0.356 e. The van der Waals surface area contributed by atoms with Crippen LogP contribution in [0.25, 0.3) is 10.9 Å². The van der Waals surface area contributed by atoms with Gasteiger partial charge in [-0.15, -0.1) is 0 Å². The van der Waals surface area contributed by atoms with Crippen LogP contribution in [-0.4, -0.2) is 22.7 Å². The van der Waals surface area contributed by atoms with E-state index in [0.717, 1.165) is 16.5 Å². The molecule has 1 aromatic heterocycles. The first-order valence-electron chi connectivity index (χ1n) is 8.05. The molecule has 0 saturated heterocycles. The predicted molar refractivity (Wildman–Crippen MR) is 104 cm³/mol. The van der Waals surface area contributed by atoms with E-state index >= 15 is 0 Å². The van der Waals surface area contributed by atoms with E-state index in [4.69, 9.17) is 17.0 Å². The number of ether oxygens (including phenoxy) is 1. The average molecular weight is 353 g/mol. The van der Waals surface area contributed by atoms with Crippen molar-refractivity contribution in [1.82, 2.24) is 10.3 Å². The van der Waals surface area contributed by atoms with Crippen molar-refractivity contribution in [3.63, 3.8) is 0 Å². The minimum absolute atomic E-state index is 0.310. The van der Waals surface area contributed by atoms with Crippen molar-refractivity contribution < 1.29 is 9.53 Å². The number of carbonyl (C=O) groups is 1. The van der Waals surface area contributed by atoms with Gasteiger partial charge in [-0.1, -0.05) is 48.5 Å². The standard InChI is InChI=1S/C19H19N3O2S/c1-2-24-18(23)17-16(14-10-6-7-11-15(14)21-17)22-19(25)20-12-13-8-4-3-5-9-13/h3-11,21H,2,12H2,1H3,(H2,20,22,25). The quantitative estimate of drug-likeness (QED) is 0.480. The number of carbonyl (C=O) groups excluding carboxylic acids is 1. The van der Waals surface area contributed by atoms with Crippen LogP contribution in [0.1, 0.15) is 23.0 Å². The van der Waals surface area contributed by atoms with Gasteiger partial charge >= 0.3 is 5.97 Å². The first-order chi connectivity index (χ1) is 12.2. The summed E-state index contributed by atoms with van der Waals surface area (Å²) in [5.74, 6) is -0.410. The Morgan fingerprint density at radius 2 is 1.84 bits per heavy atom. The SMILES string of the molecule is CCOC(=O)c1[nH]c2ccccc2c1NC(=S)NCc1ccccc1. The van der Waals surface area contributed by atoms with Crippen molar-refractivity contribution in [2.24, 2.45) is 0 Å². The molecule has 0 aliphatic carbocycles. The predicted octanol–water partition coefficient (Wildman–Crippen LogP) is 3.83. The van der Waals surface area contributed by atoms with E-state index in [9.17, 15) is 4.79 Å². The number of rotatable bonds is 5. The smallest absolute Gasteiger partial charge is 0.356 e. The normalized spacial score (nSPS) is 10.4. The van der Waals surface area contributed by atoms with Crippen LogP contribution in [0.15, 0.2) is 54.6 Å². The van der Waals surface area contributed by atoms with Crippen LogP contribution in [-0.2, 0) is 11.3 Å². The molecule has 5 nitrogen and oxygen atoms in total. The fourth-order valence-electron chi connectivity index (χ4n) is 2.56. The average Bonchev–Trinajstić information content (AvgIpc) is 3.00. The number of nitrogens with one attached hydrogen (secondary N) is 3. The lowest BCUT2D eigenvalue weighted by atomic mass is 10.2. The molecule has 3 N–H and O–H groups in total. The summed E-state index contributed by atoms with van der Waals surface area (Å²) in [5, 5.41) is 7.61. The number of para-hydroxylation sites is 1. The number of hydrogen-bond donors (Lipinski definition) is 3. The van der Waals surface area contributed by atoms with Gasteiger partial charge in [0.2, 0.25) is 0 Å². The van der Waals surface area contributed by atoms with Crippen LogP contribution in [0, 0.1) is 0 Å². The second kappa shape index (κ2) is 7.81. The summed E-state index contributed by atoms with van der Waals surface area (Å²) in [6, 6.07) is 17.6. The largest absolute Gasteiger partial charge is 0.461 e. The van der Waals surface area contributed by atoms with E-state index in [1.807, 2.05) is 54.6 Å². The van der Waals surface area contributed by atoms with Crippen LogP contribution < -0.4 is 10.6 Å². The van der Waals surface area contributed by atoms with Crippen molar-refractivity contribution in [2.45, 2.75) is 13.5 Å². The molecule has 25 heavy (non-hydrogen) atoms. The van der Waals surface area contributed by atoms with Crippen molar-refractivity contribution >= 4 is 39.9 Å². The number of esters is 1. The van der Waals surface area contributed by atoms with Crippen molar-refractivity contribution in [3.8, 4) is 0 Å². The highest BCUT2D eigenvalue weighted by Gasteiger charge is 2.19. The van der Waals surface area contributed by atoms with E-state index in [2.05, 4.69) is 15.6 Å². The topological polar surface area (TPSA) is 66.2 Å². The molecule has 128 valence electrons. The first-order valence-corrected chi connectivity index (χ1v) is 8.46. The van der Waals surface area contributed by atoms with Gasteiger partial charge in [-0.3, -0.25) is 0 Å². The number of hydrogen-bond acceptors (Lipinski definition) is 3. The van der Waals surface area contributed by atoms with E-state index < -0.39 is 5.97 Å². The Labute approximate surface area is 151 Å². The molecule has 0 bridgehead atoms. The van der Waals surface area contributed by atoms with Crippen LogP contribution in [0.4, 0.5) is 5.69 Å². The Bertz CT molecular complexity index is 890. The third kappa shape index (κ3) is 3.97. The fourth-order valence-corrected chi connectivity index (χ4v) is 2.74. The number of anilines is 1. The number of benzene rings is 2. The first kappa shape index (κ1) is 17.0. The van der Waals surface area contributed by atoms with Gasteiger partial charge < -0.3 is 20.4 Å². The van der Waals surface area contributed by atoms with Gasteiger partial charge in [0, 0.05) is 17.4 Å². The molecular weight excluding hydrogens is 334 g/mol. The molecule has 0 radical (unpaired) electrons. The molecule has 0 aliphatic heterocycles. The van der Waals surface area contributed by atoms with Crippen LogP contribution >= 0.6 is 12.2 Å². The Morgan fingerprint density at radius 3 is 2.60 bits per heavy atom. The molecule has 0 unspecified atom stereocenters. The summed E-state index contributed by atoms with van der Waals surface area (Å²) >= 11 is 5.39. The lowest BCUT2D eigenvalue weighted by Gasteiger charge is -2.11. The summed E-state index contributed by atoms with van der Waals surface area (Å²) in [7, 11) is 0. The van der Waals surface area contributed by atoms with Crippen LogP contribution in [0.5, 0.6) is 0 Å². The minimum atomic E-state index is -0.410. The fraction of sp³-hybridized carbons (Fsp3) is 0.158. The van der Waals surface area contributed by atoms with Crippen LogP contribution in [0.3, 0.4) is 0 Å². The highest BCUT2D eigenvalue weighted by molar-refractivity contribution is 7.80. The second-order valence-corrected chi connectivity index (χ2v) is 5.84. The Morgan fingerprint density at radius 1 is 1.12 bits per heavy atom. The van der Waals surface area contributed by atoms with Crippen molar-refractivity contribution in [1.29, 1.82) is 0 Å². The zero-order valence-corrected chi connectivity index (χ0v) is 14.7. The molecule has 2 aromatic carbocycles. The molecular formula is C19H19N3O2S. The Hall–Kier alpha value is -2.86. The third-order valence-corrected chi connectivity index (χ3v) is 3.97. The zero-order valence-electron chi connectivity index (χ0n) is 13.8. The van der Waals surface area contributed by atoms with Crippen molar-refractivity contribution in [3.05, 3.63) is 65.9 Å². The summed E-state index contributed by atoms with van der Waals surface area (Å²) in [6.07, 6.45) is 0. The number of aromatic nitrogens is 1. The van der Waals surface area contributed by atoms with E-state index in [1.54, 1.807) is 6.92 Å². The summed E-state index contributed by atoms with van der Waals surface area (Å²) in [4.78, 5) is 15.3. The highest BCUT2D eigenvalue weighted by atomic mass is 32.1. The number of thiocarbonyl (C=S) groups is 1. The molecule has 3 aromatic rings. The summed E-state index contributed by atoms with van der Waals surface area (Å²) in [6.45, 7) is 2.69. The van der Waals surface area contributed by atoms with Crippen molar-refractivity contribution in [2.75, 3.05) is 11.9 Å². The molecule has 0 atom stereocenters. The molecule has 1 heterocycles. The minimum Gasteiger partial charge on any atom is -0.461 e. The molecule has 0 spiro atoms. The van der Waals surface area contributed by atoms with E-state index in [-0.39, 0.29) is 0 Å². The lowest BCUT2D eigenvalue weighted by Crippen LogP contribution is -2.28. The van der Waals surface area contributed by atoms with Gasteiger partial charge in [0.1, 0.15) is 5.69 Å². The second-order valence-electron chi connectivity index (χ2n) is 5.43. The highest BCUT2D eigenvalue weighted by Crippen LogP contribution is 2.28. The molecule has 6 heteroatoms. The number of aromatic amines is 1. The molecule has 3 rings (SSSR count). The van der Waals surface area contributed by atoms with Gasteiger partial charge in [-0.2, -0.15) is 0 Å². The van der Waals surface area contributed by atoms with Crippen LogP contribution in [0.2, 0.25) is 0 Å². The Balaban J connectivity index is 1.80. The number of fused-ring (bicyclic) bond motifs is 1. The monoisotopic (exact) mass is 353 g/mol. The lowest BCUT2D eigenvalue weighted by molar-refractivity contribution is 0.0522. The zero-order chi connectivity index (χ0) is 17.6. The van der Waals surface area contributed by atoms with Gasteiger partial charge in [0.15, 0.2) is 5.11 Å². The van der Waals surface area contributed by atoms with Gasteiger partial charge in [-0.25, -0.2) is 4.79 Å². The van der Waals surface area contributed by atoms with Gasteiger partial charge in [0.05, 0.1) is 12.3 Å². The summed E-state index contributed by atoms with van der Waals surface area (Å²) in [5.41, 5.74) is 2.96. The third-order valence-electron chi connectivity index (χ3n) is 3.72. The molecule has 0 saturated carbocycles. The van der Waals surface area contributed by atoms with E-state index in [1.165, 1.54) is 0 Å². The maximum absolute atomic E-state index is 12.2. The molecule has 0 amide bonds. The summed E-state index contributed by atoms with van der Waals surface area (Å²) < 4.78 is 5.14. The van der Waals surface area contributed by atoms with Gasteiger partial charge in [-0.05, 0) is 30.8 Å². The maximum atomic E-state index is 12.2.